The van der Waals surface area contributed by atoms with Crippen molar-refractivity contribution in [3.8, 4) is 11.1 Å². The summed E-state index contributed by atoms with van der Waals surface area (Å²) in [6, 6.07) is 21.5. The first-order valence-electron chi connectivity index (χ1n) is 10.6. The summed E-state index contributed by atoms with van der Waals surface area (Å²) in [5, 5.41) is 0.00976. The number of benzene rings is 3. The first kappa shape index (κ1) is 21.3. The number of hydrogen-bond donors (Lipinski definition) is 1. The highest BCUT2D eigenvalue weighted by Gasteiger charge is 2.26. The van der Waals surface area contributed by atoms with Crippen LogP contribution in [0.3, 0.4) is 0 Å². The Balaban J connectivity index is 1.52. The number of nitrogen functional groups attached to an aromatic ring is 1. The van der Waals surface area contributed by atoms with E-state index in [1.807, 2.05) is 24.3 Å². The molecule has 0 spiro atoms. The third-order valence-electron chi connectivity index (χ3n) is 5.93. The number of nitrogens with zero attached hydrogens (tertiary/aromatic N) is 2. The topological polar surface area (TPSA) is 51.3 Å². The fourth-order valence-electron chi connectivity index (χ4n) is 4.24. The van der Waals surface area contributed by atoms with Gasteiger partial charge in [0.25, 0.3) is 0 Å². The molecule has 3 aromatic carbocycles. The standard InChI is InChI=1S/C27H20ClF2N3/c28-21-9-10-22(31)26(27(21)30)18-7-11-23(32-15-18)20(12-16-4-2-1-3-5-16)25-13-17-6-8-19(29)14-24(17)33-25/h1-11,14-15,20H,12-13,31H2. The van der Waals surface area contributed by atoms with Gasteiger partial charge in [0.15, 0.2) is 5.82 Å². The second kappa shape index (κ2) is 8.75. The number of anilines is 1. The van der Waals surface area contributed by atoms with Crippen LogP contribution in [-0.2, 0) is 12.8 Å². The number of halogens is 3. The molecule has 1 aliphatic heterocycles. The Hall–Kier alpha value is -3.57. The van der Waals surface area contributed by atoms with E-state index in [9.17, 15) is 8.78 Å². The maximum absolute atomic E-state index is 14.6. The van der Waals surface area contributed by atoms with Crippen LogP contribution < -0.4 is 5.73 Å². The van der Waals surface area contributed by atoms with Crippen molar-refractivity contribution >= 4 is 28.7 Å². The van der Waals surface area contributed by atoms with Crippen LogP contribution in [0.25, 0.3) is 11.1 Å². The van der Waals surface area contributed by atoms with Gasteiger partial charge in [-0.15, -0.1) is 0 Å². The lowest BCUT2D eigenvalue weighted by atomic mass is 9.88. The molecule has 6 heteroatoms. The van der Waals surface area contributed by atoms with Crippen LogP contribution in [0, 0.1) is 11.6 Å². The van der Waals surface area contributed by atoms with Crippen LogP contribution in [0.2, 0.25) is 5.02 Å². The lowest BCUT2D eigenvalue weighted by molar-refractivity contribution is 0.628. The molecule has 2 N–H and O–H groups in total. The molecule has 0 amide bonds. The molecule has 1 aromatic heterocycles. The van der Waals surface area contributed by atoms with E-state index in [4.69, 9.17) is 22.3 Å². The van der Waals surface area contributed by atoms with Crippen molar-refractivity contribution in [1.82, 2.24) is 4.98 Å². The Labute approximate surface area is 195 Å². The molecule has 3 nitrogen and oxygen atoms in total. The zero-order valence-corrected chi connectivity index (χ0v) is 18.4. The van der Waals surface area contributed by atoms with E-state index >= 15 is 0 Å². The van der Waals surface area contributed by atoms with Gasteiger partial charge >= 0.3 is 0 Å². The predicted octanol–water partition coefficient (Wildman–Crippen LogP) is 6.92. The SMILES string of the molecule is Nc1ccc(Cl)c(F)c1-c1ccc(C(Cc2ccccc2)C2=Nc3cc(F)ccc3C2)nc1. The van der Waals surface area contributed by atoms with Crippen molar-refractivity contribution in [3.63, 3.8) is 0 Å². The minimum absolute atomic E-state index is 0.00976. The summed E-state index contributed by atoms with van der Waals surface area (Å²) in [6.07, 6.45) is 2.93. The molecule has 0 saturated heterocycles. The minimum Gasteiger partial charge on any atom is -0.398 e. The molecule has 0 aliphatic carbocycles. The number of hydrogen-bond acceptors (Lipinski definition) is 3. The van der Waals surface area contributed by atoms with Crippen molar-refractivity contribution < 1.29 is 8.78 Å². The highest BCUT2D eigenvalue weighted by Crippen LogP contribution is 2.36. The molecular weight excluding hydrogens is 440 g/mol. The summed E-state index contributed by atoms with van der Waals surface area (Å²) in [5.41, 5.74) is 11.6. The Bertz CT molecular complexity index is 1350. The van der Waals surface area contributed by atoms with E-state index in [2.05, 4.69) is 17.1 Å². The van der Waals surface area contributed by atoms with E-state index < -0.39 is 5.82 Å². The smallest absolute Gasteiger partial charge is 0.151 e. The number of aliphatic imine (C=N–C) groups is 1. The average Bonchev–Trinajstić information content (AvgIpc) is 3.24. The van der Waals surface area contributed by atoms with Crippen LogP contribution in [0.5, 0.6) is 0 Å². The highest BCUT2D eigenvalue weighted by atomic mass is 35.5. The van der Waals surface area contributed by atoms with Crippen LogP contribution in [0.15, 0.2) is 84.0 Å². The number of fused-ring (bicyclic) bond motifs is 1. The molecule has 164 valence electrons. The van der Waals surface area contributed by atoms with E-state index in [1.165, 1.54) is 18.2 Å². The Morgan fingerprint density at radius 1 is 0.970 bits per heavy atom. The van der Waals surface area contributed by atoms with E-state index in [0.717, 1.165) is 22.5 Å². The molecule has 33 heavy (non-hydrogen) atoms. The Morgan fingerprint density at radius 2 is 1.79 bits per heavy atom. The van der Waals surface area contributed by atoms with Crippen molar-refractivity contribution in [2.45, 2.75) is 18.8 Å². The van der Waals surface area contributed by atoms with Crippen molar-refractivity contribution in [1.29, 1.82) is 0 Å². The highest BCUT2D eigenvalue weighted by molar-refractivity contribution is 6.31. The fourth-order valence-corrected chi connectivity index (χ4v) is 4.40. The molecule has 4 aromatic rings. The van der Waals surface area contributed by atoms with Gasteiger partial charge in [0.1, 0.15) is 5.82 Å². The largest absolute Gasteiger partial charge is 0.398 e. The molecule has 1 atom stereocenters. The average molecular weight is 460 g/mol. The van der Waals surface area contributed by atoms with Gasteiger partial charge in [0, 0.05) is 46.8 Å². The zero-order valence-electron chi connectivity index (χ0n) is 17.6. The van der Waals surface area contributed by atoms with Gasteiger partial charge in [0.05, 0.1) is 10.7 Å². The van der Waals surface area contributed by atoms with E-state index in [1.54, 1.807) is 24.4 Å². The van der Waals surface area contributed by atoms with Crippen molar-refractivity contribution in [2.75, 3.05) is 5.73 Å². The normalized spacial score (nSPS) is 13.5. The van der Waals surface area contributed by atoms with Crippen molar-refractivity contribution in [2.24, 2.45) is 4.99 Å². The minimum atomic E-state index is -0.565. The molecule has 5 rings (SSSR count). The van der Waals surface area contributed by atoms with Gasteiger partial charge in [-0.25, -0.2) is 8.78 Å². The maximum Gasteiger partial charge on any atom is 0.151 e. The molecular formula is C27H20ClF2N3. The quantitative estimate of drug-likeness (QED) is 0.329. The number of rotatable bonds is 5. The number of aromatic nitrogens is 1. The molecule has 1 unspecified atom stereocenters. The molecule has 0 fully saturated rings. The van der Waals surface area contributed by atoms with Gasteiger partial charge in [-0.3, -0.25) is 9.98 Å². The third kappa shape index (κ3) is 4.24. The summed E-state index contributed by atoms with van der Waals surface area (Å²) >= 11 is 5.96. The number of nitrogens with two attached hydrogens (primary N) is 1. The molecule has 0 saturated carbocycles. The first-order valence-corrected chi connectivity index (χ1v) is 11.0. The molecule has 0 bridgehead atoms. The summed E-state index contributed by atoms with van der Waals surface area (Å²) in [7, 11) is 0. The van der Waals surface area contributed by atoms with Gasteiger partial charge < -0.3 is 5.73 Å². The maximum atomic E-state index is 14.6. The lowest BCUT2D eigenvalue weighted by Gasteiger charge is -2.18. The van der Waals surface area contributed by atoms with Crippen LogP contribution in [-0.4, -0.2) is 10.7 Å². The van der Waals surface area contributed by atoms with Gasteiger partial charge in [0.2, 0.25) is 0 Å². The lowest BCUT2D eigenvalue weighted by Crippen LogP contribution is -2.17. The Morgan fingerprint density at radius 3 is 2.55 bits per heavy atom. The summed E-state index contributed by atoms with van der Waals surface area (Å²) in [6.45, 7) is 0. The second-order valence-corrected chi connectivity index (χ2v) is 8.50. The monoisotopic (exact) mass is 459 g/mol. The molecule has 2 heterocycles. The Kier molecular flexibility index (Phi) is 5.65. The summed E-state index contributed by atoms with van der Waals surface area (Å²) in [4.78, 5) is 9.41. The third-order valence-corrected chi connectivity index (χ3v) is 6.22. The van der Waals surface area contributed by atoms with E-state index in [-0.39, 0.29) is 22.3 Å². The second-order valence-electron chi connectivity index (χ2n) is 8.09. The van der Waals surface area contributed by atoms with Gasteiger partial charge in [-0.1, -0.05) is 54.1 Å². The zero-order chi connectivity index (χ0) is 22.9. The van der Waals surface area contributed by atoms with Gasteiger partial charge in [-0.05, 0) is 47.9 Å². The summed E-state index contributed by atoms with van der Waals surface area (Å²) < 4.78 is 28.4. The summed E-state index contributed by atoms with van der Waals surface area (Å²) in [5.74, 6) is -0.981. The van der Waals surface area contributed by atoms with Crippen LogP contribution in [0.1, 0.15) is 22.7 Å². The molecule has 1 aliphatic rings. The molecule has 0 radical (unpaired) electrons. The first-order chi connectivity index (χ1) is 16.0. The van der Waals surface area contributed by atoms with E-state index in [0.29, 0.717) is 29.8 Å². The van der Waals surface area contributed by atoms with Crippen LogP contribution in [0.4, 0.5) is 20.2 Å². The fraction of sp³-hybridized carbons (Fsp3) is 0.111. The predicted molar refractivity (Wildman–Crippen MR) is 129 cm³/mol. The van der Waals surface area contributed by atoms with Crippen molar-refractivity contribution in [3.05, 3.63) is 112 Å². The van der Waals surface area contributed by atoms with Crippen LogP contribution >= 0.6 is 11.6 Å². The van der Waals surface area contributed by atoms with Gasteiger partial charge in [-0.2, -0.15) is 0 Å². The number of pyridine rings is 1.